The normalized spacial score (nSPS) is 19.8. The molecule has 1 saturated heterocycles. The van der Waals surface area contributed by atoms with Crippen LogP contribution in [-0.4, -0.2) is 40.7 Å². The fourth-order valence-corrected chi connectivity index (χ4v) is 1.92. The molecule has 0 aliphatic carbocycles. The van der Waals surface area contributed by atoms with Gasteiger partial charge in [0.2, 0.25) is 0 Å². The Morgan fingerprint density at radius 3 is 2.57 bits per heavy atom. The highest BCUT2D eigenvalue weighted by molar-refractivity contribution is 7.80. The molecule has 0 unspecified atom stereocenters. The van der Waals surface area contributed by atoms with E-state index in [1.807, 2.05) is 0 Å². The molecule has 0 amide bonds. The first-order valence-electron chi connectivity index (χ1n) is 5.37. The zero-order valence-electron chi connectivity index (χ0n) is 8.61. The molecule has 0 bridgehead atoms. The Kier molecular flexibility index (Phi) is 5.37. The lowest BCUT2D eigenvalue weighted by Gasteiger charge is -2.29. The Balaban J connectivity index is 1.99. The minimum atomic E-state index is -0.0668. The number of hydrogen-bond donors (Lipinski definition) is 2. The third-order valence-corrected chi connectivity index (χ3v) is 2.91. The second kappa shape index (κ2) is 6.32. The molecule has 1 aliphatic heterocycles. The van der Waals surface area contributed by atoms with Gasteiger partial charge in [-0.2, -0.15) is 0 Å². The molecule has 0 atom stereocenters. The average Bonchev–Trinajstić information content (AvgIpc) is 2.15. The van der Waals surface area contributed by atoms with Crippen molar-refractivity contribution in [2.75, 3.05) is 19.6 Å². The highest BCUT2D eigenvalue weighted by Crippen LogP contribution is 2.10. The van der Waals surface area contributed by atoms with E-state index in [0.717, 1.165) is 51.7 Å². The molecule has 3 N–H and O–H groups in total. The maximum atomic E-state index is 9.31. The molecule has 4 heteroatoms. The van der Waals surface area contributed by atoms with Gasteiger partial charge in [-0.3, -0.25) is 0 Å². The van der Waals surface area contributed by atoms with Gasteiger partial charge in [0.15, 0.2) is 0 Å². The fraction of sp³-hybridized carbons (Fsp3) is 0.900. The summed E-state index contributed by atoms with van der Waals surface area (Å²) in [6.07, 6.45) is 4.90. The van der Waals surface area contributed by atoms with Gasteiger partial charge in [0.1, 0.15) is 0 Å². The summed E-state index contributed by atoms with van der Waals surface area (Å²) in [7, 11) is 0. The number of nitrogens with zero attached hydrogens (tertiary/aromatic N) is 1. The van der Waals surface area contributed by atoms with Crippen LogP contribution in [-0.2, 0) is 0 Å². The molecule has 82 valence electrons. The van der Waals surface area contributed by atoms with E-state index in [9.17, 15) is 5.11 Å². The van der Waals surface area contributed by atoms with E-state index in [2.05, 4.69) is 4.90 Å². The van der Waals surface area contributed by atoms with Crippen LogP contribution in [0.1, 0.15) is 32.1 Å². The van der Waals surface area contributed by atoms with Crippen molar-refractivity contribution in [2.45, 2.75) is 38.2 Å². The van der Waals surface area contributed by atoms with Crippen LogP contribution in [0.15, 0.2) is 0 Å². The molecule has 0 aromatic carbocycles. The van der Waals surface area contributed by atoms with Crippen molar-refractivity contribution in [2.24, 2.45) is 5.73 Å². The van der Waals surface area contributed by atoms with Crippen molar-refractivity contribution < 1.29 is 5.11 Å². The molecule has 1 aliphatic rings. The van der Waals surface area contributed by atoms with Crippen LogP contribution in [0.2, 0.25) is 0 Å². The van der Waals surface area contributed by atoms with Gasteiger partial charge in [-0.1, -0.05) is 12.2 Å². The van der Waals surface area contributed by atoms with Crippen LogP contribution in [0.5, 0.6) is 0 Å². The van der Waals surface area contributed by atoms with E-state index in [1.54, 1.807) is 0 Å². The summed E-state index contributed by atoms with van der Waals surface area (Å²) in [5, 5.41) is 9.31. The summed E-state index contributed by atoms with van der Waals surface area (Å²) >= 11 is 4.81. The zero-order valence-corrected chi connectivity index (χ0v) is 9.43. The second-order valence-corrected chi connectivity index (χ2v) is 4.52. The summed E-state index contributed by atoms with van der Waals surface area (Å²) in [5.74, 6) is 0. The molecular formula is C10H20N2OS. The number of unbranched alkanes of at least 4 members (excludes halogenated alkanes) is 1. The predicted molar refractivity (Wildman–Crippen MR) is 62.3 cm³/mol. The number of piperidine rings is 1. The highest BCUT2D eigenvalue weighted by atomic mass is 32.1. The highest BCUT2D eigenvalue weighted by Gasteiger charge is 2.15. The smallest absolute Gasteiger partial charge is 0.0727 e. The van der Waals surface area contributed by atoms with Gasteiger partial charge in [0, 0.05) is 13.1 Å². The number of rotatable bonds is 5. The Morgan fingerprint density at radius 2 is 2.00 bits per heavy atom. The van der Waals surface area contributed by atoms with Gasteiger partial charge in [0.25, 0.3) is 0 Å². The number of aliphatic hydroxyl groups is 1. The van der Waals surface area contributed by atoms with E-state index in [4.69, 9.17) is 18.0 Å². The van der Waals surface area contributed by atoms with Crippen LogP contribution in [0.4, 0.5) is 0 Å². The average molecular weight is 216 g/mol. The Morgan fingerprint density at radius 1 is 1.36 bits per heavy atom. The molecule has 0 saturated carbocycles. The van der Waals surface area contributed by atoms with Crippen LogP contribution >= 0.6 is 12.2 Å². The molecule has 1 heterocycles. The molecule has 14 heavy (non-hydrogen) atoms. The molecule has 0 spiro atoms. The number of aliphatic hydroxyl groups excluding tert-OH is 1. The van der Waals surface area contributed by atoms with Crippen molar-refractivity contribution >= 4 is 17.2 Å². The Labute approximate surface area is 91.3 Å². The first-order valence-corrected chi connectivity index (χ1v) is 5.78. The summed E-state index contributed by atoms with van der Waals surface area (Å²) in [5.41, 5.74) is 5.41. The standard InChI is InChI=1S/C10H20N2OS/c11-10(14)3-1-2-6-12-7-4-9(13)5-8-12/h9,13H,1-8H2,(H2,11,14). The lowest BCUT2D eigenvalue weighted by molar-refractivity contribution is 0.0819. The fourth-order valence-electron chi connectivity index (χ4n) is 1.78. The van der Waals surface area contributed by atoms with Crippen molar-refractivity contribution in [3.63, 3.8) is 0 Å². The minimum Gasteiger partial charge on any atom is -0.393 e. The molecular weight excluding hydrogens is 196 g/mol. The topological polar surface area (TPSA) is 49.5 Å². The number of thiocarbonyl (C=S) groups is 1. The van der Waals surface area contributed by atoms with E-state index in [1.165, 1.54) is 0 Å². The van der Waals surface area contributed by atoms with Gasteiger partial charge in [-0.15, -0.1) is 0 Å². The molecule has 0 aromatic heterocycles. The van der Waals surface area contributed by atoms with Crippen LogP contribution in [0.3, 0.4) is 0 Å². The van der Waals surface area contributed by atoms with E-state index in [-0.39, 0.29) is 6.10 Å². The van der Waals surface area contributed by atoms with Crippen LogP contribution in [0, 0.1) is 0 Å². The summed E-state index contributed by atoms with van der Waals surface area (Å²) in [6, 6.07) is 0. The minimum absolute atomic E-state index is 0.0668. The SMILES string of the molecule is NC(=S)CCCCN1CCC(O)CC1. The van der Waals surface area contributed by atoms with E-state index in [0.29, 0.717) is 4.99 Å². The number of likely N-dealkylation sites (tertiary alicyclic amines) is 1. The summed E-state index contributed by atoms with van der Waals surface area (Å²) < 4.78 is 0. The third-order valence-electron chi connectivity index (χ3n) is 2.70. The maximum absolute atomic E-state index is 9.31. The first-order chi connectivity index (χ1) is 6.68. The van der Waals surface area contributed by atoms with Gasteiger partial charge < -0.3 is 15.7 Å². The van der Waals surface area contributed by atoms with E-state index >= 15 is 0 Å². The quantitative estimate of drug-likeness (QED) is 0.529. The monoisotopic (exact) mass is 216 g/mol. The van der Waals surface area contributed by atoms with Crippen molar-refractivity contribution in [3.8, 4) is 0 Å². The van der Waals surface area contributed by atoms with Crippen molar-refractivity contribution in [3.05, 3.63) is 0 Å². The molecule has 0 radical (unpaired) electrons. The number of hydrogen-bond acceptors (Lipinski definition) is 3. The predicted octanol–water partition coefficient (Wildman–Crippen LogP) is 0.899. The Bertz CT molecular complexity index is 179. The lowest BCUT2D eigenvalue weighted by atomic mass is 10.1. The Hall–Kier alpha value is -0.190. The number of nitrogens with two attached hydrogens (primary N) is 1. The van der Waals surface area contributed by atoms with Crippen molar-refractivity contribution in [1.82, 2.24) is 4.90 Å². The van der Waals surface area contributed by atoms with Gasteiger partial charge in [0.05, 0.1) is 11.1 Å². The third kappa shape index (κ3) is 4.88. The van der Waals surface area contributed by atoms with Crippen LogP contribution < -0.4 is 5.73 Å². The zero-order chi connectivity index (χ0) is 10.4. The van der Waals surface area contributed by atoms with Crippen molar-refractivity contribution in [1.29, 1.82) is 0 Å². The largest absolute Gasteiger partial charge is 0.393 e. The molecule has 0 aromatic rings. The first kappa shape index (κ1) is 11.9. The van der Waals surface area contributed by atoms with Gasteiger partial charge >= 0.3 is 0 Å². The summed E-state index contributed by atoms with van der Waals surface area (Å²) in [4.78, 5) is 3.03. The van der Waals surface area contributed by atoms with Gasteiger partial charge in [-0.05, 0) is 38.6 Å². The molecule has 1 rings (SSSR count). The van der Waals surface area contributed by atoms with Gasteiger partial charge in [-0.25, -0.2) is 0 Å². The molecule has 1 fully saturated rings. The molecule has 3 nitrogen and oxygen atoms in total. The second-order valence-electron chi connectivity index (χ2n) is 4.00. The summed E-state index contributed by atoms with van der Waals surface area (Å²) in [6.45, 7) is 3.19. The van der Waals surface area contributed by atoms with E-state index < -0.39 is 0 Å². The van der Waals surface area contributed by atoms with Crippen LogP contribution in [0.25, 0.3) is 0 Å². The lowest BCUT2D eigenvalue weighted by Crippen LogP contribution is -2.36. The maximum Gasteiger partial charge on any atom is 0.0727 e.